The van der Waals surface area contributed by atoms with E-state index in [1.807, 2.05) is 20.8 Å². The van der Waals surface area contributed by atoms with Crippen LogP contribution in [0, 0.1) is 5.92 Å². The summed E-state index contributed by atoms with van der Waals surface area (Å²) in [6.45, 7) is 5.45. The van der Waals surface area contributed by atoms with Gasteiger partial charge in [-0.15, -0.1) is 0 Å². The second-order valence-corrected chi connectivity index (χ2v) is 5.35. The van der Waals surface area contributed by atoms with Crippen LogP contribution in [0.4, 0.5) is 4.79 Å². The van der Waals surface area contributed by atoms with Gasteiger partial charge in [0.2, 0.25) is 0 Å². The van der Waals surface area contributed by atoms with E-state index < -0.39 is 11.7 Å². The Morgan fingerprint density at radius 2 is 1.81 bits per heavy atom. The highest BCUT2D eigenvalue weighted by molar-refractivity contribution is 5.92. The second-order valence-electron chi connectivity index (χ2n) is 5.35. The summed E-state index contributed by atoms with van der Waals surface area (Å²) in [5, 5.41) is 0. The third-order valence-electron chi connectivity index (χ3n) is 2.64. The van der Waals surface area contributed by atoms with Gasteiger partial charge in [0, 0.05) is 5.92 Å². The summed E-state index contributed by atoms with van der Waals surface area (Å²) in [5.74, 6) is 0.704. The van der Waals surface area contributed by atoms with Gasteiger partial charge in [0.05, 0.1) is 0 Å². The van der Waals surface area contributed by atoms with E-state index in [0.717, 1.165) is 12.8 Å². The molecular formula is C12H22N2O2. The van der Waals surface area contributed by atoms with Gasteiger partial charge in [-0.05, 0) is 33.6 Å². The molecule has 0 aromatic rings. The first kappa shape index (κ1) is 13.0. The van der Waals surface area contributed by atoms with E-state index in [1.54, 1.807) is 0 Å². The molecule has 1 saturated carbocycles. The number of carbonyl (C=O) groups is 1. The molecule has 0 bridgehead atoms. The minimum absolute atomic E-state index is 0.265. The van der Waals surface area contributed by atoms with Gasteiger partial charge in [-0.1, -0.05) is 19.3 Å². The SMILES string of the molecule is CC(C)(C)OC(=O)/N=C(\N)C1CCCCC1. The van der Waals surface area contributed by atoms with E-state index in [2.05, 4.69) is 4.99 Å². The summed E-state index contributed by atoms with van der Waals surface area (Å²) in [4.78, 5) is 15.2. The topological polar surface area (TPSA) is 64.7 Å². The van der Waals surface area contributed by atoms with Gasteiger partial charge in [0.15, 0.2) is 0 Å². The van der Waals surface area contributed by atoms with Crippen LogP contribution < -0.4 is 5.73 Å². The molecule has 4 nitrogen and oxygen atoms in total. The third-order valence-corrected chi connectivity index (χ3v) is 2.64. The summed E-state index contributed by atoms with van der Waals surface area (Å²) < 4.78 is 5.09. The molecule has 1 fully saturated rings. The maximum atomic E-state index is 11.4. The van der Waals surface area contributed by atoms with Crippen LogP contribution >= 0.6 is 0 Å². The molecule has 1 aliphatic rings. The predicted octanol–water partition coefficient (Wildman–Crippen LogP) is 2.86. The van der Waals surface area contributed by atoms with Crippen molar-refractivity contribution in [3.8, 4) is 0 Å². The first-order chi connectivity index (χ1) is 7.38. The fourth-order valence-corrected chi connectivity index (χ4v) is 1.88. The highest BCUT2D eigenvalue weighted by atomic mass is 16.6. The Bertz CT molecular complexity index is 273. The number of rotatable bonds is 1. The molecule has 0 atom stereocenters. The molecule has 0 aliphatic heterocycles. The Kier molecular flexibility index (Phi) is 4.33. The maximum Gasteiger partial charge on any atom is 0.435 e. The Morgan fingerprint density at radius 3 is 2.31 bits per heavy atom. The number of amides is 1. The highest BCUT2D eigenvalue weighted by Gasteiger charge is 2.20. The van der Waals surface area contributed by atoms with Gasteiger partial charge in [0.1, 0.15) is 11.4 Å². The van der Waals surface area contributed by atoms with Crippen LogP contribution in [0.5, 0.6) is 0 Å². The second kappa shape index (κ2) is 5.32. The predicted molar refractivity (Wildman–Crippen MR) is 64.4 cm³/mol. The van der Waals surface area contributed by atoms with Gasteiger partial charge in [-0.3, -0.25) is 0 Å². The summed E-state index contributed by atoms with van der Waals surface area (Å²) in [6, 6.07) is 0. The molecule has 0 spiro atoms. The zero-order valence-corrected chi connectivity index (χ0v) is 10.5. The molecular weight excluding hydrogens is 204 g/mol. The molecule has 4 heteroatoms. The lowest BCUT2D eigenvalue weighted by atomic mass is 9.88. The van der Waals surface area contributed by atoms with E-state index in [9.17, 15) is 4.79 Å². The summed E-state index contributed by atoms with van der Waals surface area (Å²) >= 11 is 0. The van der Waals surface area contributed by atoms with Gasteiger partial charge < -0.3 is 10.5 Å². The quantitative estimate of drug-likeness (QED) is 0.552. The number of nitrogens with two attached hydrogens (primary N) is 1. The third kappa shape index (κ3) is 4.64. The van der Waals surface area contributed by atoms with Gasteiger partial charge in [-0.25, -0.2) is 4.79 Å². The number of aliphatic imine (C=N–C) groups is 1. The molecule has 0 saturated heterocycles. The summed E-state index contributed by atoms with van der Waals surface area (Å²) in [7, 11) is 0. The minimum Gasteiger partial charge on any atom is -0.442 e. The van der Waals surface area contributed by atoms with E-state index >= 15 is 0 Å². The number of amidine groups is 1. The number of nitrogens with zero attached hydrogens (tertiary/aromatic N) is 1. The normalized spacial score (nSPS) is 19.6. The van der Waals surface area contributed by atoms with Crippen molar-refractivity contribution in [2.24, 2.45) is 16.6 Å². The molecule has 0 aromatic heterocycles. The lowest BCUT2D eigenvalue weighted by Gasteiger charge is -2.21. The Balaban J connectivity index is 2.51. The largest absolute Gasteiger partial charge is 0.442 e. The number of carbonyl (C=O) groups excluding carboxylic acids is 1. The van der Waals surface area contributed by atoms with Crippen molar-refractivity contribution in [1.82, 2.24) is 0 Å². The first-order valence-corrected chi connectivity index (χ1v) is 5.95. The van der Waals surface area contributed by atoms with Gasteiger partial charge in [-0.2, -0.15) is 4.99 Å². The molecule has 2 N–H and O–H groups in total. The average molecular weight is 226 g/mol. The van der Waals surface area contributed by atoms with Crippen molar-refractivity contribution in [2.45, 2.75) is 58.5 Å². The van der Waals surface area contributed by atoms with Crippen LogP contribution in [0.3, 0.4) is 0 Å². The van der Waals surface area contributed by atoms with E-state index in [4.69, 9.17) is 10.5 Å². The van der Waals surface area contributed by atoms with Crippen molar-refractivity contribution in [2.75, 3.05) is 0 Å². The number of hydrogen-bond acceptors (Lipinski definition) is 2. The molecule has 1 rings (SSSR count). The van der Waals surface area contributed by atoms with Crippen LogP contribution in [0.2, 0.25) is 0 Å². The molecule has 16 heavy (non-hydrogen) atoms. The van der Waals surface area contributed by atoms with E-state index in [1.165, 1.54) is 19.3 Å². The van der Waals surface area contributed by atoms with Crippen LogP contribution in [-0.2, 0) is 4.74 Å². The van der Waals surface area contributed by atoms with Crippen molar-refractivity contribution < 1.29 is 9.53 Å². The highest BCUT2D eigenvalue weighted by Crippen LogP contribution is 2.23. The molecule has 0 radical (unpaired) electrons. The van der Waals surface area contributed by atoms with Crippen LogP contribution in [0.25, 0.3) is 0 Å². The zero-order chi connectivity index (χ0) is 12.2. The van der Waals surface area contributed by atoms with Gasteiger partial charge in [0.25, 0.3) is 0 Å². The number of hydrogen-bond donors (Lipinski definition) is 1. The summed E-state index contributed by atoms with van der Waals surface area (Å²) in [5.41, 5.74) is 5.31. The van der Waals surface area contributed by atoms with Crippen LogP contribution in [0.1, 0.15) is 52.9 Å². The van der Waals surface area contributed by atoms with Crippen molar-refractivity contribution in [3.63, 3.8) is 0 Å². The Hall–Kier alpha value is -1.06. The van der Waals surface area contributed by atoms with Gasteiger partial charge >= 0.3 is 6.09 Å². The van der Waals surface area contributed by atoms with Crippen LogP contribution in [-0.4, -0.2) is 17.5 Å². The van der Waals surface area contributed by atoms with Crippen molar-refractivity contribution >= 4 is 11.9 Å². The lowest BCUT2D eigenvalue weighted by molar-refractivity contribution is 0.0603. The maximum absolute atomic E-state index is 11.4. The molecule has 0 unspecified atom stereocenters. The number of ether oxygens (including phenoxy) is 1. The molecule has 0 aromatic carbocycles. The standard InChI is InChI=1S/C12H22N2O2/c1-12(2,3)16-11(15)14-10(13)9-7-5-4-6-8-9/h9H,4-8H2,1-3H3,(H2,13,14,15). The van der Waals surface area contributed by atoms with E-state index in [0.29, 0.717) is 5.84 Å². The minimum atomic E-state index is -0.574. The molecule has 92 valence electrons. The van der Waals surface area contributed by atoms with Crippen molar-refractivity contribution in [1.29, 1.82) is 0 Å². The van der Waals surface area contributed by atoms with Crippen LogP contribution in [0.15, 0.2) is 4.99 Å². The first-order valence-electron chi connectivity index (χ1n) is 5.95. The monoisotopic (exact) mass is 226 g/mol. The molecule has 1 aliphatic carbocycles. The lowest BCUT2D eigenvalue weighted by Crippen LogP contribution is -2.29. The smallest absolute Gasteiger partial charge is 0.435 e. The summed E-state index contributed by atoms with van der Waals surface area (Å²) in [6.07, 6.45) is 5.12. The molecule has 0 heterocycles. The van der Waals surface area contributed by atoms with E-state index in [-0.39, 0.29) is 5.92 Å². The Labute approximate surface area is 97.3 Å². The fourth-order valence-electron chi connectivity index (χ4n) is 1.88. The Morgan fingerprint density at radius 1 is 1.25 bits per heavy atom. The average Bonchev–Trinajstić information content (AvgIpc) is 2.16. The fraction of sp³-hybridized carbons (Fsp3) is 0.833. The van der Waals surface area contributed by atoms with Crippen molar-refractivity contribution in [3.05, 3.63) is 0 Å². The molecule has 1 amide bonds. The zero-order valence-electron chi connectivity index (χ0n) is 10.5.